The first kappa shape index (κ1) is 36.6. The first-order valence-electron chi connectivity index (χ1n) is 14.1. The molecule has 1 atom stereocenters. The second kappa shape index (κ2) is 14.9. The van der Waals surface area contributed by atoms with Crippen LogP contribution < -0.4 is 10.6 Å². The number of carboxylic acid groups (broad SMARTS) is 1. The molecule has 0 saturated carbocycles. The molecule has 5 N–H and O–H groups in total. The van der Waals surface area contributed by atoms with Crippen LogP contribution in [0.1, 0.15) is 53.5 Å². The Hall–Kier alpha value is -3.57. The van der Waals surface area contributed by atoms with Gasteiger partial charge in [-0.3, -0.25) is 29.1 Å². The molecule has 1 unspecified atom stereocenters. The normalized spacial score (nSPS) is 13.1. The largest absolute Gasteiger partial charge is 0.481 e. The maximum atomic E-state index is 13.4. The molecule has 0 bridgehead atoms. The number of amides is 1. The molecule has 0 fully saturated rings. The Balaban J connectivity index is 2.52. The van der Waals surface area contributed by atoms with E-state index < -0.39 is 66.8 Å². The van der Waals surface area contributed by atoms with Gasteiger partial charge in [0.05, 0.1) is 23.3 Å². The summed E-state index contributed by atoms with van der Waals surface area (Å²) in [7, 11) is -5.35. The molecule has 0 aliphatic carbocycles. The van der Waals surface area contributed by atoms with Gasteiger partial charge in [-0.15, -0.1) is 0 Å². The second-order valence-electron chi connectivity index (χ2n) is 12.6. The van der Waals surface area contributed by atoms with Crippen LogP contribution in [0.3, 0.4) is 0 Å². The molecular weight excluding hydrogens is 591 g/mol. The highest BCUT2D eigenvalue weighted by molar-refractivity contribution is 7.53. The predicted octanol–water partition coefficient (Wildman–Crippen LogP) is 3.50. The quantitative estimate of drug-likeness (QED) is 0.151. The molecule has 2 aromatic rings. The molecule has 242 valence electrons. The van der Waals surface area contributed by atoms with Crippen LogP contribution in [0.25, 0.3) is 11.1 Å². The van der Waals surface area contributed by atoms with Gasteiger partial charge in [0, 0.05) is 6.54 Å². The smallest absolute Gasteiger partial charge is 0.352 e. The maximum absolute atomic E-state index is 13.4. The van der Waals surface area contributed by atoms with Gasteiger partial charge in [-0.05, 0) is 64.7 Å². The van der Waals surface area contributed by atoms with E-state index in [4.69, 9.17) is 14.6 Å². The van der Waals surface area contributed by atoms with Crippen LogP contribution in [0.2, 0.25) is 0 Å². The molecule has 44 heavy (non-hydrogen) atoms. The Morgan fingerprint density at radius 1 is 0.795 bits per heavy atom. The van der Waals surface area contributed by atoms with Crippen LogP contribution in [-0.4, -0.2) is 69.8 Å². The second-order valence-corrected chi connectivity index (χ2v) is 14.6. The fourth-order valence-corrected chi connectivity index (χ4v) is 4.62. The first-order valence-corrected chi connectivity index (χ1v) is 15.7. The molecule has 0 radical (unpaired) electrons. The van der Waals surface area contributed by atoms with Gasteiger partial charge in [0.25, 0.3) is 0 Å². The third kappa shape index (κ3) is 10.9. The SMILES string of the molecule is CC(C)(C)C(=O)OCC(COC(=O)C(C)(C)C)(NC(Cc1ccc(-c2ccccc2)cc1)C(=O)NCCC(=O)O)P(=O)(O)O. The molecule has 2 aromatic carbocycles. The van der Waals surface area contributed by atoms with E-state index >= 15 is 0 Å². The molecular formula is C31H43N2O10P. The summed E-state index contributed by atoms with van der Waals surface area (Å²) in [5.74, 6) is -3.48. The Morgan fingerprint density at radius 2 is 1.27 bits per heavy atom. The van der Waals surface area contributed by atoms with E-state index in [1.807, 2.05) is 42.5 Å². The van der Waals surface area contributed by atoms with Gasteiger partial charge in [-0.2, -0.15) is 0 Å². The van der Waals surface area contributed by atoms with E-state index in [1.54, 1.807) is 53.7 Å². The molecule has 0 spiro atoms. The molecule has 1 amide bonds. The highest BCUT2D eigenvalue weighted by Crippen LogP contribution is 2.50. The Labute approximate surface area is 257 Å². The van der Waals surface area contributed by atoms with Crippen molar-refractivity contribution in [3.8, 4) is 11.1 Å². The van der Waals surface area contributed by atoms with E-state index in [1.165, 1.54) is 0 Å². The lowest BCUT2D eigenvalue weighted by atomic mass is 9.97. The lowest BCUT2D eigenvalue weighted by Gasteiger charge is -2.38. The van der Waals surface area contributed by atoms with E-state index in [9.17, 15) is 33.5 Å². The van der Waals surface area contributed by atoms with Gasteiger partial charge in [-0.25, -0.2) is 0 Å². The first-order chi connectivity index (χ1) is 20.2. The summed E-state index contributed by atoms with van der Waals surface area (Å²) in [6.07, 6.45) is -0.490. The average Bonchev–Trinajstić information content (AvgIpc) is 2.92. The standard InChI is InChI=1S/C31H43N2O10P/c1-29(2,3)27(37)42-19-31(44(39,40)41,20-43-28(38)30(4,5)6)33-24(26(36)32-17-16-25(34)35)18-21-12-14-23(15-13-21)22-10-8-7-9-11-22/h7-15,24,33H,16-20H2,1-6H3,(H,32,36)(H,34,35)(H2,39,40,41). The number of carboxylic acids is 1. The van der Waals surface area contributed by atoms with Crippen molar-refractivity contribution in [2.45, 2.75) is 65.7 Å². The lowest BCUT2D eigenvalue weighted by molar-refractivity contribution is -0.159. The number of esters is 2. The summed E-state index contributed by atoms with van der Waals surface area (Å²) >= 11 is 0. The van der Waals surface area contributed by atoms with E-state index in [0.29, 0.717) is 5.56 Å². The van der Waals surface area contributed by atoms with Gasteiger partial charge >= 0.3 is 25.5 Å². The number of benzene rings is 2. The summed E-state index contributed by atoms with van der Waals surface area (Å²) in [6.45, 7) is 7.21. The third-order valence-electron chi connectivity index (χ3n) is 6.56. The average molecular weight is 635 g/mol. The zero-order valence-electron chi connectivity index (χ0n) is 26.0. The van der Waals surface area contributed by atoms with E-state index in [-0.39, 0.29) is 19.4 Å². The Bertz CT molecular complexity index is 1310. The van der Waals surface area contributed by atoms with Crippen LogP contribution in [0.4, 0.5) is 0 Å². The molecule has 0 heterocycles. The van der Waals surface area contributed by atoms with E-state index in [0.717, 1.165) is 11.1 Å². The number of aliphatic carboxylic acids is 1. The minimum absolute atomic E-state index is 0.101. The van der Waals surface area contributed by atoms with Crippen LogP contribution in [-0.2, 0) is 39.6 Å². The van der Waals surface area contributed by atoms with Crippen molar-refractivity contribution in [2.24, 2.45) is 10.8 Å². The topological polar surface area (TPSA) is 189 Å². The number of carbonyl (C=O) groups is 4. The van der Waals surface area contributed by atoms with Crippen molar-refractivity contribution in [3.05, 3.63) is 60.2 Å². The zero-order chi connectivity index (χ0) is 33.3. The van der Waals surface area contributed by atoms with Gasteiger partial charge in [0.15, 0.2) is 5.28 Å². The summed E-state index contributed by atoms with van der Waals surface area (Å²) in [4.78, 5) is 71.0. The van der Waals surface area contributed by atoms with E-state index in [2.05, 4.69) is 10.6 Å². The van der Waals surface area contributed by atoms with Gasteiger partial charge in [0.1, 0.15) is 13.2 Å². The fraction of sp³-hybridized carbons (Fsp3) is 0.484. The Kier molecular flexibility index (Phi) is 12.4. The summed E-state index contributed by atoms with van der Waals surface area (Å²) < 4.78 is 23.8. The lowest BCUT2D eigenvalue weighted by Crippen LogP contribution is -2.61. The number of rotatable bonds is 14. The van der Waals surface area contributed by atoms with Crippen LogP contribution in [0, 0.1) is 10.8 Å². The van der Waals surface area contributed by atoms with Crippen molar-refractivity contribution in [1.29, 1.82) is 0 Å². The number of carbonyl (C=O) groups excluding carboxylic acids is 3. The number of ether oxygens (including phenoxy) is 2. The van der Waals surface area contributed by atoms with Crippen LogP contribution >= 0.6 is 7.60 Å². The zero-order valence-corrected chi connectivity index (χ0v) is 26.9. The minimum Gasteiger partial charge on any atom is -0.481 e. The van der Waals surface area contributed by atoms with Crippen LogP contribution in [0.5, 0.6) is 0 Å². The molecule has 13 heteroatoms. The fourth-order valence-electron chi connectivity index (χ4n) is 3.83. The number of hydrogen-bond donors (Lipinski definition) is 5. The summed E-state index contributed by atoms with van der Waals surface area (Å²) in [6, 6.07) is 15.3. The van der Waals surface area contributed by atoms with Gasteiger partial charge < -0.3 is 29.7 Å². The predicted molar refractivity (Wildman–Crippen MR) is 163 cm³/mol. The highest BCUT2D eigenvalue weighted by Gasteiger charge is 2.52. The molecule has 2 rings (SSSR count). The van der Waals surface area contributed by atoms with Crippen molar-refractivity contribution in [3.63, 3.8) is 0 Å². The number of hydrogen-bond acceptors (Lipinski definition) is 8. The van der Waals surface area contributed by atoms with Crippen molar-refractivity contribution < 1.29 is 48.1 Å². The number of nitrogens with one attached hydrogen (secondary N) is 2. The van der Waals surface area contributed by atoms with Crippen LogP contribution in [0.15, 0.2) is 54.6 Å². The summed E-state index contributed by atoms with van der Waals surface area (Å²) in [5, 5.41) is 11.7. The Morgan fingerprint density at radius 3 is 1.70 bits per heavy atom. The molecule has 0 aromatic heterocycles. The molecule has 0 aliphatic rings. The maximum Gasteiger partial charge on any atom is 0.352 e. The molecule has 12 nitrogen and oxygen atoms in total. The minimum atomic E-state index is -5.35. The van der Waals surface area contributed by atoms with Crippen molar-refractivity contribution in [2.75, 3.05) is 19.8 Å². The van der Waals surface area contributed by atoms with Crippen molar-refractivity contribution in [1.82, 2.24) is 10.6 Å². The highest BCUT2D eigenvalue weighted by atomic mass is 31.2. The monoisotopic (exact) mass is 634 g/mol. The molecule has 0 aliphatic heterocycles. The van der Waals surface area contributed by atoms with Crippen molar-refractivity contribution >= 4 is 31.4 Å². The third-order valence-corrected chi connectivity index (χ3v) is 8.07. The summed E-state index contributed by atoms with van der Waals surface area (Å²) in [5.41, 5.74) is 0.404. The van der Waals surface area contributed by atoms with Gasteiger partial charge in [0.2, 0.25) is 5.91 Å². The molecule has 0 saturated heterocycles. The van der Waals surface area contributed by atoms with Gasteiger partial charge in [-0.1, -0.05) is 54.6 Å².